The fraction of sp³-hybridized carbons (Fsp3) is 0.0196. The van der Waals surface area contributed by atoms with Gasteiger partial charge < -0.3 is 0 Å². The molecule has 0 aliphatic carbocycles. The molecular formula is C51H32S2. The first kappa shape index (κ1) is 30.6. The lowest BCUT2D eigenvalue weighted by Gasteiger charge is -2.17. The highest BCUT2D eigenvalue weighted by molar-refractivity contribution is 7.25. The Morgan fingerprint density at radius 2 is 0.736 bits per heavy atom. The second kappa shape index (κ2) is 12.0. The van der Waals surface area contributed by atoms with E-state index in [4.69, 9.17) is 0 Å². The summed E-state index contributed by atoms with van der Waals surface area (Å²) >= 11 is 3.77. The first-order valence-corrected chi connectivity index (χ1v) is 19.8. The lowest BCUT2D eigenvalue weighted by atomic mass is 9.86. The van der Waals surface area contributed by atoms with E-state index < -0.39 is 0 Å². The zero-order valence-corrected chi connectivity index (χ0v) is 30.7. The topological polar surface area (TPSA) is 0 Å². The fourth-order valence-corrected chi connectivity index (χ4v) is 10.8. The van der Waals surface area contributed by atoms with Gasteiger partial charge in [0.05, 0.1) is 0 Å². The Bertz CT molecular complexity index is 3120. The normalized spacial score (nSPS) is 11.9. The number of hydrogen-bond donors (Lipinski definition) is 0. The molecule has 0 atom stereocenters. The first-order valence-electron chi connectivity index (χ1n) is 18.2. The van der Waals surface area contributed by atoms with E-state index in [9.17, 15) is 0 Å². The fourth-order valence-electron chi connectivity index (χ4n) is 8.72. The third kappa shape index (κ3) is 4.73. The van der Waals surface area contributed by atoms with Crippen LogP contribution in [-0.4, -0.2) is 0 Å². The maximum absolute atomic E-state index is 2.44. The van der Waals surface area contributed by atoms with Crippen LogP contribution in [0.25, 0.3) is 107 Å². The second-order valence-corrected chi connectivity index (χ2v) is 16.4. The standard InChI is InChI=1S/C51H32S2/c1-31-23-27-46(52-31)51-42-21-11-9-19-40(42)49(41-20-10-12-22-43(41)51)33-25-28-45-44(29-33)35-26-24-34(30-47(35)53-45)50-38-17-7-5-15-36(38)48(32-13-3-2-4-14-32)37-16-6-8-18-39(37)50/h2-30H,1H3. The molecule has 0 radical (unpaired) electrons. The molecule has 11 rings (SSSR count). The van der Waals surface area contributed by atoms with Crippen molar-refractivity contribution in [1.82, 2.24) is 0 Å². The molecule has 0 saturated heterocycles. The molecular weight excluding hydrogens is 677 g/mol. The molecule has 2 heterocycles. The van der Waals surface area contributed by atoms with Crippen LogP contribution in [0.1, 0.15) is 4.88 Å². The van der Waals surface area contributed by atoms with Gasteiger partial charge in [-0.2, -0.15) is 0 Å². The molecule has 0 N–H and O–H groups in total. The summed E-state index contributed by atoms with van der Waals surface area (Å²) < 4.78 is 2.63. The molecule has 0 aliphatic heterocycles. The minimum absolute atomic E-state index is 1.25. The van der Waals surface area contributed by atoms with Crippen LogP contribution in [0.2, 0.25) is 0 Å². The summed E-state index contributed by atoms with van der Waals surface area (Å²) in [7, 11) is 0. The van der Waals surface area contributed by atoms with Crippen LogP contribution in [0.15, 0.2) is 176 Å². The maximum atomic E-state index is 2.44. The Hall–Kier alpha value is -6.06. The number of fused-ring (bicyclic) bond motifs is 7. The summed E-state index contributed by atoms with van der Waals surface area (Å²) in [6.45, 7) is 2.20. The van der Waals surface area contributed by atoms with Gasteiger partial charge >= 0.3 is 0 Å². The predicted octanol–water partition coefficient (Wildman–Crippen LogP) is 15.7. The first-order chi connectivity index (χ1) is 26.2. The van der Waals surface area contributed by atoms with Gasteiger partial charge in [-0.15, -0.1) is 22.7 Å². The Balaban J connectivity index is 1.13. The van der Waals surface area contributed by atoms with E-state index in [1.165, 1.54) is 112 Å². The van der Waals surface area contributed by atoms with Gasteiger partial charge in [0, 0.05) is 35.5 Å². The van der Waals surface area contributed by atoms with E-state index in [1.807, 2.05) is 22.7 Å². The monoisotopic (exact) mass is 708 g/mol. The molecule has 248 valence electrons. The largest absolute Gasteiger partial charge is 0.141 e. The van der Waals surface area contributed by atoms with Crippen molar-refractivity contribution >= 4 is 85.9 Å². The van der Waals surface area contributed by atoms with Crippen molar-refractivity contribution in [2.45, 2.75) is 6.92 Å². The third-order valence-corrected chi connectivity index (χ3v) is 13.1. The van der Waals surface area contributed by atoms with E-state index in [2.05, 4.69) is 183 Å². The van der Waals surface area contributed by atoms with Gasteiger partial charge in [0.25, 0.3) is 0 Å². The highest BCUT2D eigenvalue weighted by Crippen LogP contribution is 2.48. The summed E-state index contributed by atoms with van der Waals surface area (Å²) in [5.41, 5.74) is 9.01. The molecule has 0 unspecified atom stereocenters. The zero-order chi connectivity index (χ0) is 35.0. The SMILES string of the molecule is Cc1ccc(-c2c3ccccc3c(-c3ccc4sc5cc(-c6c7ccccc7c(-c7ccccc7)c7ccccc67)ccc5c4c3)c3ccccc23)s1. The summed E-state index contributed by atoms with van der Waals surface area (Å²) in [5, 5.41) is 13.0. The molecule has 0 spiro atoms. The highest BCUT2D eigenvalue weighted by Gasteiger charge is 2.20. The van der Waals surface area contributed by atoms with Crippen molar-refractivity contribution in [3.63, 3.8) is 0 Å². The number of benzene rings is 9. The van der Waals surface area contributed by atoms with Gasteiger partial charge in [-0.25, -0.2) is 0 Å². The van der Waals surface area contributed by atoms with Gasteiger partial charge in [-0.3, -0.25) is 0 Å². The molecule has 53 heavy (non-hydrogen) atoms. The van der Waals surface area contributed by atoms with Crippen molar-refractivity contribution in [3.8, 4) is 43.8 Å². The second-order valence-electron chi connectivity index (χ2n) is 14.0. The number of aryl methyl sites for hydroxylation is 1. The lowest BCUT2D eigenvalue weighted by molar-refractivity contribution is 1.64. The molecule has 2 heteroatoms. The minimum Gasteiger partial charge on any atom is -0.141 e. The van der Waals surface area contributed by atoms with Gasteiger partial charge in [-0.05, 0) is 114 Å². The highest BCUT2D eigenvalue weighted by atomic mass is 32.1. The van der Waals surface area contributed by atoms with Gasteiger partial charge in [0.2, 0.25) is 0 Å². The van der Waals surface area contributed by atoms with Crippen molar-refractivity contribution in [3.05, 3.63) is 181 Å². The van der Waals surface area contributed by atoms with Crippen molar-refractivity contribution < 1.29 is 0 Å². The molecule has 0 nitrogen and oxygen atoms in total. The van der Waals surface area contributed by atoms with Crippen LogP contribution >= 0.6 is 22.7 Å². The third-order valence-electron chi connectivity index (χ3n) is 11.0. The van der Waals surface area contributed by atoms with Crippen LogP contribution in [0.4, 0.5) is 0 Å². The van der Waals surface area contributed by atoms with Crippen LogP contribution < -0.4 is 0 Å². The van der Waals surface area contributed by atoms with E-state index in [0.29, 0.717) is 0 Å². The molecule has 0 aliphatic rings. The van der Waals surface area contributed by atoms with Crippen LogP contribution in [0.5, 0.6) is 0 Å². The maximum Gasteiger partial charge on any atom is 0.0361 e. The number of rotatable bonds is 4. The van der Waals surface area contributed by atoms with Crippen molar-refractivity contribution in [2.24, 2.45) is 0 Å². The zero-order valence-electron chi connectivity index (χ0n) is 29.1. The van der Waals surface area contributed by atoms with Gasteiger partial charge in [0.15, 0.2) is 0 Å². The molecule has 0 amide bonds. The van der Waals surface area contributed by atoms with E-state index in [1.54, 1.807) is 0 Å². The van der Waals surface area contributed by atoms with E-state index >= 15 is 0 Å². The van der Waals surface area contributed by atoms with E-state index in [-0.39, 0.29) is 0 Å². The van der Waals surface area contributed by atoms with Crippen LogP contribution in [0.3, 0.4) is 0 Å². The molecule has 2 aromatic heterocycles. The number of thiophene rings is 2. The molecule has 0 saturated carbocycles. The summed E-state index contributed by atoms with van der Waals surface area (Å²) in [4.78, 5) is 2.66. The van der Waals surface area contributed by atoms with Crippen LogP contribution in [-0.2, 0) is 0 Å². The van der Waals surface area contributed by atoms with Crippen LogP contribution in [0, 0.1) is 6.92 Å². The average molecular weight is 709 g/mol. The summed E-state index contributed by atoms with van der Waals surface area (Å²) in [6, 6.07) is 65.4. The lowest BCUT2D eigenvalue weighted by Crippen LogP contribution is -1.90. The van der Waals surface area contributed by atoms with Gasteiger partial charge in [-0.1, -0.05) is 146 Å². The molecule has 9 aromatic carbocycles. The van der Waals surface area contributed by atoms with E-state index in [0.717, 1.165) is 0 Å². The summed E-state index contributed by atoms with van der Waals surface area (Å²) in [6.07, 6.45) is 0. The molecule has 11 aromatic rings. The number of hydrogen-bond acceptors (Lipinski definition) is 2. The molecule has 0 bridgehead atoms. The quantitative estimate of drug-likeness (QED) is 0.160. The Morgan fingerprint density at radius 1 is 0.283 bits per heavy atom. The predicted molar refractivity (Wildman–Crippen MR) is 234 cm³/mol. The smallest absolute Gasteiger partial charge is 0.0361 e. The Kier molecular flexibility index (Phi) is 6.92. The summed E-state index contributed by atoms with van der Waals surface area (Å²) in [5.74, 6) is 0. The average Bonchev–Trinajstić information content (AvgIpc) is 3.81. The Morgan fingerprint density at radius 3 is 1.25 bits per heavy atom. The van der Waals surface area contributed by atoms with Gasteiger partial charge in [0.1, 0.15) is 0 Å². The molecule has 0 fully saturated rings. The Labute approximate surface area is 315 Å². The minimum atomic E-state index is 1.25. The van der Waals surface area contributed by atoms with Crippen molar-refractivity contribution in [2.75, 3.05) is 0 Å². The van der Waals surface area contributed by atoms with Crippen molar-refractivity contribution in [1.29, 1.82) is 0 Å².